The molecule has 0 saturated heterocycles. The number of anilines is 1. The molecule has 100 valence electrons. The number of carbonyl (C=O) groups excluding carboxylic acids is 1. The highest BCUT2D eigenvalue weighted by Gasteiger charge is 2.06. The molecule has 6 heteroatoms. The minimum atomic E-state index is -0.255. The van der Waals surface area contributed by atoms with Gasteiger partial charge in [-0.25, -0.2) is 0 Å². The normalized spacial score (nSPS) is 11.4. The van der Waals surface area contributed by atoms with Gasteiger partial charge < -0.3 is 9.73 Å². The number of hydrogen-bond acceptors (Lipinski definition) is 3. The number of aromatic amines is 1. The third-order valence-electron chi connectivity index (χ3n) is 2.46. The van der Waals surface area contributed by atoms with Crippen molar-refractivity contribution >= 4 is 33.7 Å². The summed E-state index contributed by atoms with van der Waals surface area (Å²) in [6.07, 6.45) is 2.99. The van der Waals surface area contributed by atoms with Crippen molar-refractivity contribution < 1.29 is 9.21 Å². The van der Waals surface area contributed by atoms with Crippen LogP contribution in [-0.2, 0) is 4.79 Å². The standard InChI is InChI=1S/C13H14BrN3O2/c1-8(2)10-7-12(17-16-10)15-13(18)6-4-9-3-5-11(14)19-9/h3-8H,1-2H3,(H2,15,16,17,18)/b6-4+. The Kier molecular flexibility index (Phi) is 4.21. The second kappa shape index (κ2) is 5.88. The summed E-state index contributed by atoms with van der Waals surface area (Å²) in [7, 11) is 0. The molecule has 5 nitrogen and oxygen atoms in total. The van der Waals surface area contributed by atoms with Gasteiger partial charge in [0.25, 0.3) is 0 Å². The van der Waals surface area contributed by atoms with Gasteiger partial charge in [-0.3, -0.25) is 9.89 Å². The maximum atomic E-state index is 11.7. The topological polar surface area (TPSA) is 70.9 Å². The Balaban J connectivity index is 1.95. The zero-order valence-electron chi connectivity index (χ0n) is 10.6. The molecule has 0 atom stereocenters. The van der Waals surface area contributed by atoms with E-state index in [4.69, 9.17) is 4.42 Å². The Morgan fingerprint density at radius 3 is 2.89 bits per heavy atom. The molecular formula is C13H14BrN3O2. The van der Waals surface area contributed by atoms with Crippen LogP contribution in [0, 0.1) is 0 Å². The number of amides is 1. The number of nitrogens with one attached hydrogen (secondary N) is 2. The van der Waals surface area contributed by atoms with Gasteiger partial charge in [0.2, 0.25) is 5.91 Å². The van der Waals surface area contributed by atoms with Crippen molar-refractivity contribution in [2.75, 3.05) is 5.32 Å². The lowest BCUT2D eigenvalue weighted by Gasteiger charge is -1.97. The van der Waals surface area contributed by atoms with Crippen LogP contribution in [0.15, 0.2) is 33.4 Å². The molecule has 2 rings (SSSR count). The number of hydrogen-bond donors (Lipinski definition) is 2. The van der Waals surface area contributed by atoms with E-state index in [2.05, 4.69) is 31.4 Å². The van der Waals surface area contributed by atoms with Crippen LogP contribution in [0.4, 0.5) is 5.82 Å². The van der Waals surface area contributed by atoms with Gasteiger partial charge in [0.1, 0.15) is 5.76 Å². The fraction of sp³-hybridized carbons (Fsp3) is 0.231. The summed E-state index contributed by atoms with van der Waals surface area (Å²) in [4.78, 5) is 11.7. The number of nitrogens with zero attached hydrogens (tertiary/aromatic N) is 1. The van der Waals surface area contributed by atoms with Gasteiger partial charge in [0, 0.05) is 17.8 Å². The van der Waals surface area contributed by atoms with E-state index in [1.165, 1.54) is 6.08 Å². The molecule has 0 spiro atoms. The summed E-state index contributed by atoms with van der Waals surface area (Å²) in [5.74, 6) is 1.20. The van der Waals surface area contributed by atoms with Crippen molar-refractivity contribution in [1.82, 2.24) is 10.2 Å². The molecule has 2 aromatic heterocycles. The van der Waals surface area contributed by atoms with Gasteiger partial charge >= 0.3 is 0 Å². The molecule has 0 aliphatic rings. The van der Waals surface area contributed by atoms with Crippen LogP contribution in [0.3, 0.4) is 0 Å². The highest BCUT2D eigenvalue weighted by Crippen LogP contribution is 2.16. The summed E-state index contributed by atoms with van der Waals surface area (Å²) in [5, 5.41) is 9.56. The van der Waals surface area contributed by atoms with Gasteiger partial charge in [-0.2, -0.15) is 5.10 Å². The van der Waals surface area contributed by atoms with Crippen LogP contribution in [0.1, 0.15) is 31.2 Å². The molecule has 0 fully saturated rings. The molecule has 1 amide bonds. The number of aromatic nitrogens is 2. The van der Waals surface area contributed by atoms with Crippen molar-refractivity contribution in [1.29, 1.82) is 0 Å². The van der Waals surface area contributed by atoms with E-state index in [0.717, 1.165) is 5.69 Å². The van der Waals surface area contributed by atoms with Crippen molar-refractivity contribution in [2.45, 2.75) is 19.8 Å². The second-order valence-electron chi connectivity index (χ2n) is 4.33. The second-order valence-corrected chi connectivity index (χ2v) is 5.11. The number of rotatable bonds is 4. The maximum absolute atomic E-state index is 11.7. The van der Waals surface area contributed by atoms with E-state index in [1.807, 2.05) is 19.9 Å². The SMILES string of the molecule is CC(C)c1cc(NC(=O)/C=C/c2ccc(Br)o2)n[nH]1. The van der Waals surface area contributed by atoms with Gasteiger partial charge in [-0.1, -0.05) is 13.8 Å². The zero-order valence-corrected chi connectivity index (χ0v) is 12.2. The van der Waals surface area contributed by atoms with E-state index in [1.54, 1.807) is 18.2 Å². The van der Waals surface area contributed by atoms with Crippen molar-refractivity contribution in [3.8, 4) is 0 Å². The molecule has 2 aromatic rings. The van der Waals surface area contributed by atoms with Crippen LogP contribution >= 0.6 is 15.9 Å². The van der Waals surface area contributed by atoms with E-state index >= 15 is 0 Å². The largest absolute Gasteiger partial charge is 0.450 e. The Labute approximate surface area is 119 Å². The van der Waals surface area contributed by atoms with E-state index in [0.29, 0.717) is 22.2 Å². The zero-order chi connectivity index (χ0) is 13.8. The van der Waals surface area contributed by atoms with E-state index in [-0.39, 0.29) is 5.91 Å². The summed E-state index contributed by atoms with van der Waals surface area (Å²) in [6, 6.07) is 5.35. The van der Waals surface area contributed by atoms with E-state index < -0.39 is 0 Å². The number of furan rings is 1. The monoisotopic (exact) mass is 323 g/mol. The Hall–Kier alpha value is -1.82. The van der Waals surface area contributed by atoms with Gasteiger partial charge in [0.15, 0.2) is 10.5 Å². The summed E-state index contributed by atoms with van der Waals surface area (Å²) in [5.41, 5.74) is 0.981. The van der Waals surface area contributed by atoms with Crippen LogP contribution in [-0.4, -0.2) is 16.1 Å². The molecule has 0 bridgehead atoms. The highest BCUT2D eigenvalue weighted by molar-refractivity contribution is 9.10. The first-order valence-corrected chi connectivity index (χ1v) is 6.63. The molecule has 0 aliphatic carbocycles. The molecular weight excluding hydrogens is 310 g/mol. The lowest BCUT2D eigenvalue weighted by molar-refractivity contribution is -0.111. The average molecular weight is 324 g/mol. The maximum Gasteiger partial charge on any atom is 0.249 e. The minimum Gasteiger partial charge on any atom is -0.450 e. The molecule has 19 heavy (non-hydrogen) atoms. The quantitative estimate of drug-likeness (QED) is 0.845. The average Bonchev–Trinajstić information content (AvgIpc) is 2.96. The summed E-state index contributed by atoms with van der Waals surface area (Å²) >= 11 is 3.19. The number of carbonyl (C=O) groups is 1. The van der Waals surface area contributed by atoms with Crippen molar-refractivity contribution in [2.24, 2.45) is 0 Å². The molecule has 2 heterocycles. The van der Waals surface area contributed by atoms with Crippen LogP contribution < -0.4 is 5.32 Å². The number of H-pyrrole nitrogens is 1. The van der Waals surface area contributed by atoms with E-state index in [9.17, 15) is 4.79 Å². The molecule has 0 aromatic carbocycles. The first-order valence-electron chi connectivity index (χ1n) is 5.84. The lowest BCUT2D eigenvalue weighted by atomic mass is 10.1. The van der Waals surface area contributed by atoms with Crippen molar-refractivity contribution in [3.05, 3.63) is 40.4 Å². The predicted octanol–water partition coefficient (Wildman–Crippen LogP) is 3.54. The van der Waals surface area contributed by atoms with Crippen LogP contribution in [0.25, 0.3) is 6.08 Å². The Bertz CT molecular complexity index is 599. The van der Waals surface area contributed by atoms with Gasteiger partial charge in [-0.15, -0.1) is 0 Å². The molecule has 0 unspecified atom stereocenters. The highest BCUT2D eigenvalue weighted by atomic mass is 79.9. The van der Waals surface area contributed by atoms with Gasteiger partial charge in [-0.05, 0) is 40.1 Å². The van der Waals surface area contributed by atoms with Crippen molar-refractivity contribution in [3.63, 3.8) is 0 Å². The third-order valence-corrected chi connectivity index (χ3v) is 2.89. The van der Waals surface area contributed by atoms with Crippen LogP contribution in [0.2, 0.25) is 0 Å². The molecule has 2 N–H and O–H groups in total. The number of halogens is 1. The Morgan fingerprint density at radius 2 is 2.32 bits per heavy atom. The lowest BCUT2D eigenvalue weighted by Crippen LogP contribution is -2.07. The fourth-order valence-electron chi connectivity index (χ4n) is 1.44. The van der Waals surface area contributed by atoms with Crippen LogP contribution in [0.5, 0.6) is 0 Å². The molecule has 0 radical (unpaired) electrons. The Morgan fingerprint density at radius 1 is 1.53 bits per heavy atom. The molecule has 0 saturated carbocycles. The summed E-state index contributed by atoms with van der Waals surface area (Å²) < 4.78 is 5.87. The summed E-state index contributed by atoms with van der Waals surface area (Å²) in [6.45, 7) is 4.10. The molecule has 0 aliphatic heterocycles. The third kappa shape index (κ3) is 3.82. The fourth-order valence-corrected chi connectivity index (χ4v) is 1.76. The van der Waals surface area contributed by atoms with Gasteiger partial charge in [0.05, 0.1) is 0 Å². The smallest absolute Gasteiger partial charge is 0.249 e. The first-order chi connectivity index (χ1) is 9.04. The first kappa shape index (κ1) is 13.6. The minimum absolute atomic E-state index is 0.255. The predicted molar refractivity (Wildman–Crippen MR) is 76.7 cm³/mol.